The fourth-order valence-corrected chi connectivity index (χ4v) is 3.03. The summed E-state index contributed by atoms with van der Waals surface area (Å²) in [6.07, 6.45) is 0. The molecule has 1 aromatic heterocycles. The molecule has 0 spiro atoms. The lowest BCUT2D eigenvalue weighted by atomic mass is 10.2. The normalized spacial score (nSPS) is 18.6. The Kier molecular flexibility index (Phi) is 5.00. The average molecular weight is 288 g/mol. The summed E-state index contributed by atoms with van der Waals surface area (Å²) in [6.45, 7) is 6.30. The van der Waals surface area contributed by atoms with Gasteiger partial charge in [-0.25, -0.2) is 0 Å². The second kappa shape index (κ2) is 6.52. The summed E-state index contributed by atoms with van der Waals surface area (Å²) in [6, 6.07) is 3.73. The van der Waals surface area contributed by atoms with E-state index in [9.17, 15) is 4.79 Å². The molecule has 2 N–H and O–H groups in total. The standard InChI is InChI=1S/C12H18ClN3OS/c1-9(16-6-4-14-5-7-16)12(17)15-8-10-2-3-11(13)18-10/h2-3,9,14H,4-8H2,1H3,(H,15,17). The van der Waals surface area contributed by atoms with Crippen molar-refractivity contribution in [2.24, 2.45) is 0 Å². The molecule has 6 heteroatoms. The number of carbonyl (C=O) groups excluding carboxylic acids is 1. The quantitative estimate of drug-likeness (QED) is 0.878. The Labute approximate surface area is 116 Å². The molecule has 1 unspecified atom stereocenters. The first kappa shape index (κ1) is 13.8. The Morgan fingerprint density at radius 3 is 2.89 bits per heavy atom. The summed E-state index contributed by atoms with van der Waals surface area (Å²) in [5.74, 6) is 0.0847. The van der Waals surface area contributed by atoms with Crippen molar-refractivity contribution >= 4 is 28.8 Å². The second-order valence-electron chi connectivity index (χ2n) is 4.39. The Morgan fingerprint density at radius 1 is 1.56 bits per heavy atom. The van der Waals surface area contributed by atoms with Gasteiger partial charge in [-0.2, -0.15) is 0 Å². The van der Waals surface area contributed by atoms with Gasteiger partial charge in [0.05, 0.1) is 16.9 Å². The Hall–Kier alpha value is -0.620. The number of halogens is 1. The Balaban J connectivity index is 1.79. The van der Waals surface area contributed by atoms with Gasteiger partial charge in [-0.15, -0.1) is 11.3 Å². The van der Waals surface area contributed by atoms with Gasteiger partial charge in [0.15, 0.2) is 0 Å². The van der Waals surface area contributed by atoms with E-state index < -0.39 is 0 Å². The number of hydrogen-bond donors (Lipinski definition) is 2. The van der Waals surface area contributed by atoms with Crippen molar-refractivity contribution in [3.05, 3.63) is 21.3 Å². The van der Waals surface area contributed by atoms with Crippen LogP contribution in [-0.2, 0) is 11.3 Å². The molecule has 2 rings (SSSR count). The molecule has 1 aromatic rings. The van der Waals surface area contributed by atoms with Crippen LogP contribution in [0.3, 0.4) is 0 Å². The maximum absolute atomic E-state index is 12.0. The zero-order valence-electron chi connectivity index (χ0n) is 10.4. The van der Waals surface area contributed by atoms with Gasteiger partial charge in [-0.3, -0.25) is 9.69 Å². The minimum absolute atomic E-state index is 0.0671. The fourth-order valence-electron chi connectivity index (χ4n) is 2.00. The van der Waals surface area contributed by atoms with Crippen molar-refractivity contribution in [2.45, 2.75) is 19.5 Å². The first-order valence-corrected chi connectivity index (χ1v) is 7.33. The molecule has 0 saturated carbocycles. The molecule has 100 valence electrons. The third kappa shape index (κ3) is 3.68. The predicted octanol–water partition coefficient (Wildman–Crippen LogP) is 1.31. The van der Waals surface area contributed by atoms with E-state index in [2.05, 4.69) is 15.5 Å². The van der Waals surface area contributed by atoms with Crippen LogP contribution in [0.4, 0.5) is 0 Å². The van der Waals surface area contributed by atoms with Crippen LogP contribution >= 0.6 is 22.9 Å². The topological polar surface area (TPSA) is 44.4 Å². The SMILES string of the molecule is CC(C(=O)NCc1ccc(Cl)s1)N1CCNCC1. The fraction of sp³-hybridized carbons (Fsp3) is 0.583. The molecule has 1 saturated heterocycles. The van der Waals surface area contributed by atoms with Gasteiger partial charge in [-0.05, 0) is 19.1 Å². The Bertz CT molecular complexity index is 404. The van der Waals surface area contributed by atoms with Crippen LogP contribution in [0.1, 0.15) is 11.8 Å². The third-order valence-corrected chi connectivity index (χ3v) is 4.38. The molecule has 1 atom stereocenters. The van der Waals surface area contributed by atoms with E-state index in [1.165, 1.54) is 11.3 Å². The van der Waals surface area contributed by atoms with Crippen LogP contribution in [-0.4, -0.2) is 43.0 Å². The van der Waals surface area contributed by atoms with Crippen LogP contribution < -0.4 is 10.6 Å². The molecule has 0 bridgehead atoms. The molecule has 1 amide bonds. The van der Waals surface area contributed by atoms with Crippen molar-refractivity contribution in [3.63, 3.8) is 0 Å². The molecule has 0 aliphatic carbocycles. The summed E-state index contributed by atoms with van der Waals surface area (Å²) in [7, 11) is 0. The molecule has 0 radical (unpaired) electrons. The van der Waals surface area contributed by atoms with Gasteiger partial charge in [0, 0.05) is 31.1 Å². The molecular formula is C12H18ClN3OS. The minimum Gasteiger partial charge on any atom is -0.350 e. The van der Waals surface area contributed by atoms with Crippen molar-refractivity contribution < 1.29 is 4.79 Å². The van der Waals surface area contributed by atoms with E-state index >= 15 is 0 Å². The van der Waals surface area contributed by atoms with Crippen molar-refractivity contribution in [1.82, 2.24) is 15.5 Å². The first-order valence-electron chi connectivity index (χ1n) is 6.13. The molecule has 4 nitrogen and oxygen atoms in total. The van der Waals surface area contributed by atoms with Crippen molar-refractivity contribution in [2.75, 3.05) is 26.2 Å². The first-order chi connectivity index (χ1) is 8.66. The smallest absolute Gasteiger partial charge is 0.237 e. The summed E-state index contributed by atoms with van der Waals surface area (Å²) in [4.78, 5) is 15.3. The van der Waals surface area contributed by atoms with Gasteiger partial charge < -0.3 is 10.6 Å². The summed E-state index contributed by atoms with van der Waals surface area (Å²) >= 11 is 7.35. The van der Waals surface area contributed by atoms with Crippen LogP contribution in [0.2, 0.25) is 4.34 Å². The minimum atomic E-state index is -0.0671. The number of piperazine rings is 1. The number of nitrogens with zero attached hydrogens (tertiary/aromatic N) is 1. The Morgan fingerprint density at radius 2 is 2.28 bits per heavy atom. The highest BCUT2D eigenvalue weighted by Crippen LogP contribution is 2.21. The van der Waals surface area contributed by atoms with E-state index in [0.717, 1.165) is 35.4 Å². The van der Waals surface area contributed by atoms with Crippen molar-refractivity contribution in [1.29, 1.82) is 0 Å². The number of thiophene rings is 1. The number of nitrogens with one attached hydrogen (secondary N) is 2. The molecule has 1 fully saturated rings. The highest BCUT2D eigenvalue weighted by molar-refractivity contribution is 7.16. The van der Waals surface area contributed by atoms with Crippen LogP contribution in [0, 0.1) is 0 Å². The third-order valence-electron chi connectivity index (χ3n) is 3.14. The molecule has 1 aliphatic rings. The number of hydrogen-bond acceptors (Lipinski definition) is 4. The lowest BCUT2D eigenvalue weighted by Crippen LogP contribution is -2.52. The van der Waals surface area contributed by atoms with Crippen LogP contribution in [0.5, 0.6) is 0 Å². The number of amides is 1. The molecule has 18 heavy (non-hydrogen) atoms. The van der Waals surface area contributed by atoms with E-state index in [1.807, 2.05) is 19.1 Å². The summed E-state index contributed by atoms with van der Waals surface area (Å²) in [5, 5.41) is 6.24. The number of rotatable bonds is 4. The van der Waals surface area contributed by atoms with Crippen molar-refractivity contribution in [3.8, 4) is 0 Å². The summed E-state index contributed by atoms with van der Waals surface area (Å²) < 4.78 is 0.759. The van der Waals surface area contributed by atoms with Gasteiger partial charge in [0.1, 0.15) is 0 Å². The molecule has 2 heterocycles. The lowest BCUT2D eigenvalue weighted by molar-refractivity contribution is -0.126. The van der Waals surface area contributed by atoms with E-state index in [1.54, 1.807) is 0 Å². The van der Waals surface area contributed by atoms with Crippen LogP contribution in [0.15, 0.2) is 12.1 Å². The highest BCUT2D eigenvalue weighted by atomic mass is 35.5. The lowest BCUT2D eigenvalue weighted by Gasteiger charge is -2.31. The largest absolute Gasteiger partial charge is 0.350 e. The molecule has 0 aromatic carbocycles. The van der Waals surface area contributed by atoms with Gasteiger partial charge >= 0.3 is 0 Å². The van der Waals surface area contributed by atoms with Gasteiger partial charge in [0.25, 0.3) is 0 Å². The van der Waals surface area contributed by atoms with Gasteiger partial charge in [0.2, 0.25) is 5.91 Å². The zero-order valence-corrected chi connectivity index (χ0v) is 12.0. The van der Waals surface area contributed by atoms with E-state index in [0.29, 0.717) is 6.54 Å². The second-order valence-corrected chi connectivity index (χ2v) is 6.19. The van der Waals surface area contributed by atoms with Gasteiger partial charge in [-0.1, -0.05) is 11.6 Å². The molecular weight excluding hydrogens is 270 g/mol. The average Bonchev–Trinajstić information content (AvgIpc) is 2.82. The zero-order chi connectivity index (χ0) is 13.0. The van der Waals surface area contributed by atoms with E-state index in [4.69, 9.17) is 11.6 Å². The van der Waals surface area contributed by atoms with E-state index in [-0.39, 0.29) is 11.9 Å². The predicted molar refractivity (Wildman–Crippen MR) is 75.1 cm³/mol. The number of carbonyl (C=O) groups is 1. The highest BCUT2D eigenvalue weighted by Gasteiger charge is 2.22. The molecule has 1 aliphatic heterocycles. The van der Waals surface area contributed by atoms with Crippen LogP contribution in [0.25, 0.3) is 0 Å². The summed E-state index contributed by atoms with van der Waals surface area (Å²) in [5.41, 5.74) is 0. The maximum Gasteiger partial charge on any atom is 0.237 e. The monoisotopic (exact) mass is 287 g/mol. The maximum atomic E-state index is 12.0.